The molecule has 3 rings (SSSR count). The molecule has 0 radical (unpaired) electrons. The van der Waals surface area contributed by atoms with Crippen LogP contribution in [0.5, 0.6) is 11.5 Å². The van der Waals surface area contributed by atoms with Gasteiger partial charge in [-0.05, 0) is 30.7 Å². The van der Waals surface area contributed by atoms with Crippen LogP contribution in [0.15, 0.2) is 55.1 Å². The Hall–Kier alpha value is -3.35. The molecule has 0 bridgehead atoms. The van der Waals surface area contributed by atoms with Crippen molar-refractivity contribution < 1.29 is 14.3 Å². The number of rotatable bonds is 7. The van der Waals surface area contributed by atoms with E-state index in [0.29, 0.717) is 11.5 Å². The summed E-state index contributed by atoms with van der Waals surface area (Å²) < 4.78 is 12.2. The molecule has 0 aliphatic heterocycles. The lowest BCUT2D eigenvalue weighted by Crippen LogP contribution is -2.28. The molecule has 0 fully saturated rings. The van der Waals surface area contributed by atoms with Crippen molar-refractivity contribution in [3.8, 4) is 17.2 Å². The summed E-state index contributed by atoms with van der Waals surface area (Å²) in [6.45, 7) is 1.95. The fourth-order valence-electron chi connectivity index (χ4n) is 2.80. The van der Waals surface area contributed by atoms with E-state index in [1.165, 1.54) is 6.33 Å². The van der Waals surface area contributed by atoms with E-state index in [1.54, 1.807) is 31.3 Å². The number of benzene rings is 2. The molecule has 140 valence electrons. The van der Waals surface area contributed by atoms with Crippen molar-refractivity contribution in [1.82, 2.24) is 20.1 Å². The minimum absolute atomic E-state index is 0.0775. The first-order valence-corrected chi connectivity index (χ1v) is 8.56. The van der Waals surface area contributed by atoms with Gasteiger partial charge in [0.1, 0.15) is 24.2 Å². The first kappa shape index (κ1) is 18.4. The van der Waals surface area contributed by atoms with Gasteiger partial charge < -0.3 is 14.8 Å². The Labute approximate surface area is 158 Å². The molecule has 1 aromatic heterocycles. The Kier molecular flexibility index (Phi) is 5.71. The van der Waals surface area contributed by atoms with Crippen LogP contribution in [-0.4, -0.2) is 34.9 Å². The zero-order chi connectivity index (χ0) is 19.2. The quantitative estimate of drug-likeness (QED) is 0.696. The molecule has 1 N–H and O–H groups in total. The third-order valence-electron chi connectivity index (χ3n) is 4.30. The number of hydrogen-bond acceptors (Lipinski definition) is 5. The number of ether oxygens (including phenoxy) is 2. The topological polar surface area (TPSA) is 78.3 Å². The number of nitrogens with zero attached hydrogens (tertiary/aromatic N) is 3. The van der Waals surface area contributed by atoms with Crippen LogP contribution in [-0.2, 0) is 11.2 Å². The van der Waals surface area contributed by atoms with E-state index in [2.05, 4.69) is 15.4 Å². The second-order valence-electron chi connectivity index (χ2n) is 6.08. The lowest BCUT2D eigenvalue weighted by atomic mass is 10.1. The number of aromatic nitrogens is 3. The fraction of sp³-hybridized carbons (Fsp3) is 0.250. The third-order valence-corrected chi connectivity index (χ3v) is 4.30. The van der Waals surface area contributed by atoms with Crippen molar-refractivity contribution in [1.29, 1.82) is 0 Å². The average molecular weight is 366 g/mol. The van der Waals surface area contributed by atoms with Crippen LogP contribution < -0.4 is 14.8 Å². The highest BCUT2D eigenvalue weighted by Gasteiger charge is 2.13. The fourth-order valence-corrected chi connectivity index (χ4v) is 2.80. The number of amides is 1. The van der Waals surface area contributed by atoms with Gasteiger partial charge in [-0.2, -0.15) is 5.10 Å². The lowest BCUT2D eigenvalue weighted by molar-refractivity contribution is -0.121. The van der Waals surface area contributed by atoms with Crippen molar-refractivity contribution in [3.05, 3.63) is 66.2 Å². The van der Waals surface area contributed by atoms with Gasteiger partial charge in [-0.3, -0.25) is 4.79 Å². The number of hydrogen-bond donors (Lipinski definition) is 1. The van der Waals surface area contributed by atoms with Crippen LogP contribution in [0.4, 0.5) is 0 Å². The molecule has 7 heteroatoms. The summed E-state index contributed by atoms with van der Waals surface area (Å²) in [5.41, 5.74) is 2.73. The highest BCUT2D eigenvalue weighted by atomic mass is 16.5. The van der Waals surface area contributed by atoms with E-state index in [0.717, 1.165) is 16.8 Å². The largest absolute Gasteiger partial charge is 0.497 e. The van der Waals surface area contributed by atoms with Gasteiger partial charge in [0.25, 0.3) is 0 Å². The molecule has 0 aliphatic carbocycles. The van der Waals surface area contributed by atoms with Gasteiger partial charge in [0.15, 0.2) is 0 Å². The maximum atomic E-state index is 12.5. The molecule has 0 saturated carbocycles. The molecule has 0 spiro atoms. The van der Waals surface area contributed by atoms with E-state index in [-0.39, 0.29) is 18.4 Å². The number of carbonyl (C=O) groups is 1. The molecule has 2 aromatic carbocycles. The van der Waals surface area contributed by atoms with Crippen LogP contribution >= 0.6 is 0 Å². The number of methoxy groups -OCH3 is 2. The summed E-state index contributed by atoms with van der Waals surface area (Å²) in [5, 5.41) is 7.12. The van der Waals surface area contributed by atoms with Gasteiger partial charge in [-0.25, -0.2) is 9.67 Å². The SMILES string of the molecule is COc1ccc(CC(=O)N[C@H](C)c2ccc(-n3cncn3)cc2)c(OC)c1. The Morgan fingerprint density at radius 2 is 1.93 bits per heavy atom. The van der Waals surface area contributed by atoms with Crippen molar-refractivity contribution in [2.45, 2.75) is 19.4 Å². The van der Waals surface area contributed by atoms with E-state index < -0.39 is 0 Å². The highest BCUT2D eigenvalue weighted by Crippen LogP contribution is 2.25. The Bertz CT molecular complexity index is 892. The smallest absolute Gasteiger partial charge is 0.225 e. The summed E-state index contributed by atoms with van der Waals surface area (Å²) in [6.07, 6.45) is 3.36. The predicted octanol–water partition coefficient (Wildman–Crippen LogP) is 2.70. The van der Waals surface area contributed by atoms with Gasteiger partial charge in [-0.1, -0.05) is 18.2 Å². The van der Waals surface area contributed by atoms with Gasteiger partial charge in [-0.15, -0.1) is 0 Å². The van der Waals surface area contributed by atoms with Crippen LogP contribution in [0.3, 0.4) is 0 Å². The number of nitrogens with one attached hydrogen (secondary N) is 1. The highest BCUT2D eigenvalue weighted by molar-refractivity contribution is 5.79. The lowest BCUT2D eigenvalue weighted by Gasteiger charge is -2.16. The summed E-state index contributed by atoms with van der Waals surface area (Å²) in [5.74, 6) is 1.25. The predicted molar refractivity (Wildman–Crippen MR) is 101 cm³/mol. The molecule has 3 aromatic rings. The maximum Gasteiger partial charge on any atom is 0.225 e. The molecular formula is C20H22N4O3. The number of carbonyl (C=O) groups excluding carboxylic acids is 1. The molecule has 27 heavy (non-hydrogen) atoms. The zero-order valence-corrected chi connectivity index (χ0v) is 15.5. The average Bonchev–Trinajstić information content (AvgIpc) is 3.23. The van der Waals surface area contributed by atoms with Gasteiger partial charge >= 0.3 is 0 Å². The monoisotopic (exact) mass is 366 g/mol. The van der Waals surface area contributed by atoms with Crippen molar-refractivity contribution in [2.75, 3.05) is 14.2 Å². The molecule has 1 amide bonds. The summed E-state index contributed by atoms with van der Waals surface area (Å²) in [7, 11) is 3.17. The van der Waals surface area contributed by atoms with E-state index in [4.69, 9.17) is 9.47 Å². The van der Waals surface area contributed by atoms with Crippen LogP contribution in [0.2, 0.25) is 0 Å². The summed E-state index contributed by atoms with van der Waals surface area (Å²) >= 11 is 0. The van der Waals surface area contributed by atoms with E-state index in [1.807, 2.05) is 43.3 Å². The second-order valence-corrected chi connectivity index (χ2v) is 6.08. The molecule has 7 nitrogen and oxygen atoms in total. The van der Waals surface area contributed by atoms with Crippen molar-refractivity contribution in [3.63, 3.8) is 0 Å². The first-order valence-electron chi connectivity index (χ1n) is 8.56. The molecule has 1 heterocycles. The van der Waals surface area contributed by atoms with Gasteiger partial charge in [0.05, 0.1) is 32.4 Å². The standard InChI is InChI=1S/C20H22N4O3/c1-14(15-4-7-17(8-5-15)24-13-21-12-22-24)23-20(25)10-16-6-9-18(26-2)11-19(16)27-3/h4-9,11-14H,10H2,1-3H3,(H,23,25)/t14-/m1/s1. The Morgan fingerprint density at radius 1 is 1.15 bits per heavy atom. The van der Waals surface area contributed by atoms with Crippen LogP contribution in [0, 0.1) is 0 Å². The Morgan fingerprint density at radius 3 is 2.56 bits per heavy atom. The Balaban J connectivity index is 1.64. The molecule has 0 unspecified atom stereocenters. The molecule has 0 aliphatic rings. The van der Waals surface area contributed by atoms with Gasteiger partial charge in [0.2, 0.25) is 5.91 Å². The maximum absolute atomic E-state index is 12.5. The van der Waals surface area contributed by atoms with Crippen molar-refractivity contribution in [2.24, 2.45) is 0 Å². The van der Waals surface area contributed by atoms with Crippen LogP contribution in [0.1, 0.15) is 24.1 Å². The minimum atomic E-state index is -0.119. The van der Waals surface area contributed by atoms with Crippen LogP contribution in [0.25, 0.3) is 5.69 Å². The van der Waals surface area contributed by atoms with E-state index in [9.17, 15) is 4.79 Å². The molecule has 1 atom stereocenters. The summed E-state index contributed by atoms with van der Waals surface area (Å²) in [6, 6.07) is 13.1. The minimum Gasteiger partial charge on any atom is -0.497 e. The molecule has 0 saturated heterocycles. The normalized spacial score (nSPS) is 11.7. The van der Waals surface area contributed by atoms with Gasteiger partial charge in [0, 0.05) is 11.6 Å². The zero-order valence-electron chi connectivity index (χ0n) is 15.5. The second kappa shape index (κ2) is 8.35. The van der Waals surface area contributed by atoms with Crippen molar-refractivity contribution >= 4 is 5.91 Å². The van der Waals surface area contributed by atoms with E-state index >= 15 is 0 Å². The first-order chi connectivity index (χ1) is 13.1. The third kappa shape index (κ3) is 4.44. The summed E-state index contributed by atoms with van der Waals surface area (Å²) in [4.78, 5) is 16.4. The molecular weight excluding hydrogens is 344 g/mol.